The fraction of sp³-hybridized carbons (Fsp3) is 0.545. The van der Waals surface area contributed by atoms with Crippen LogP contribution in [0.1, 0.15) is 6.92 Å². The molecule has 0 spiro atoms. The second kappa shape index (κ2) is 17.3. The van der Waals surface area contributed by atoms with Crippen LogP contribution < -0.4 is 24.4 Å². The monoisotopic (exact) mass is 742 g/mol. The molecular weight excluding hydrogens is 700 g/mol. The topological polar surface area (TPSA) is 297 Å². The molecule has 2 fully saturated rings. The van der Waals surface area contributed by atoms with Crippen molar-refractivity contribution in [3.8, 4) is 40.1 Å². The van der Waals surface area contributed by atoms with E-state index in [0.29, 0.717) is 0 Å². The number of aliphatic hydroxyl groups excluding tert-OH is 9. The van der Waals surface area contributed by atoms with Crippen molar-refractivity contribution < 1.29 is 88.6 Å². The Bertz CT molecular complexity index is 1700. The summed E-state index contributed by atoms with van der Waals surface area (Å²) < 4.78 is 45.3. The number of ether oxygens (including phenoxy) is 7. The quantitative estimate of drug-likeness (QED) is 0.0758. The van der Waals surface area contributed by atoms with Gasteiger partial charge < -0.3 is 88.6 Å². The SMILES string of the molecule is C[C@@H]1O[C@@H](O[C@H]2[C@H](O)[C@@H](O)[C@H](Oc3c(-c4ccc(OCCO)c(OCCO)c4)oc4cc(OCCO)cc(O)c4c3=O)O[C@@H]2CO)[C@H](O)[C@H](O)[C@H]1O. The molecule has 19 nitrogen and oxygen atoms in total. The molecule has 0 aliphatic carbocycles. The van der Waals surface area contributed by atoms with Crippen molar-refractivity contribution in [2.45, 2.75) is 68.3 Å². The van der Waals surface area contributed by atoms with Crippen LogP contribution in [0.2, 0.25) is 0 Å². The van der Waals surface area contributed by atoms with Gasteiger partial charge in [-0.3, -0.25) is 4.79 Å². The Kier molecular flexibility index (Phi) is 13.1. The van der Waals surface area contributed by atoms with Crippen molar-refractivity contribution in [2.24, 2.45) is 0 Å². The van der Waals surface area contributed by atoms with Crippen molar-refractivity contribution in [1.82, 2.24) is 0 Å². The number of hydrogen-bond acceptors (Lipinski definition) is 19. The van der Waals surface area contributed by atoms with Gasteiger partial charge in [0.15, 0.2) is 23.5 Å². The van der Waals surface area contributed by atoms with Crippen LogP contribution in [0.3, 0.4) is 0 Å². The van der Waals surface area contributed by atoms with Gasteiger partial charge in [0.05, 0.1) is 32.5 Å². The standard InChI is InChI=1S/C33H42O19/c1-14-23(39)25(41)27(43)32(48-14)51-30-21(13-37)50-33(28(44)26(30)42)52-31-24(40)22-17(38)11-16(45-7-4-34)12-20(22)49-29(31)15-2-3-18(46-8-5-35)19(10-15)47-9-6-36/h2-3,10-12,14,21,23,25-28,30,32-39,41-44H,4-9,13H2,1H3/t14-,21+,23-,25+,26+,27+,28+,30+,32-,33-/m0/s1. The highest BCUT2D eigenvalue weighted by molar-refractivity contribution is 5.88. The molecule has 2 aromatic carbocycles. The van der Waals surface area contributed by atoms with E-state index in [1.807, 2.05) is 0 Å². The Hall–Kier alpha value is -3.83. The Morgan fingerprint density at radius 1 is 0.731 bits per heavy atom. The lowest BCUT2D eigenvalue weighted by atomic mass is 9.97. The molecule has 3 aromatic rings. The highest BCUT2D eigenvalue weighted by Crippen LogP contribution is 2.40. The molecule has 2 saturated heterocycles. The minimum atomic E-state index is -2.01. The van der Waals surface area contributed by atoms with Gasteiger partial charge in [-0.15, -0.1) is 0 Å². The summed E-state index contributed by atoms with van der Waals surface area (Å²) in [5, 5.41) is 101. The zero-order valence-electron chi connectivity index (χ0n) is 27.8. The Balaban J connectivity index is 1.55. The molecule has 10 atom stereocenters. The van der Waals surface area contributed by atoms with Crippen LogP contribution >= 0.6 is 0 Å². The molecule has 3 heterocycles. The predicted octanol–water partition coefficient (Wildman–Crippen LogP) is -2.69. The van der Waals surface area contributed by atoms with E-state index in [9.17, 15) is 55.9 Å². The second-order valence-electron chi connectivity index (χ2n) is 11.9. The summed E-state index contributed by atoms with van der Waals surface area (Å²) >= 11 is 0. The van der Waals surface area contributed by atoms with E-state index in [1.165, 1.54) is 31.2 Å². The predicted molar refractivity (Wildman–Crippen MR) is 173 cm³/mol. The number of rotatable bonds is 15. The molecule has 0 amide bonds. The molecule has 0 saturated carbocycles. The van der Waals surface area contributed by atoms with Gasteiger partial charge in [0.1, 0.15) is 85.0 Å². The molecule has 0 unspecified atom stereocenters. The summed E-state index contributed by atoms with van der Waals surface area (Å²) in [7, 11) is 0. The van der Waals surface area contributed by atoms with E-state index < -0.39 is 84.9 Å². The van der Waals surface area contributed by atoms with Gasteiger partial charge in [0.25, 0.3) is 0 Å². The molecular formula is C33H42O19. The van der Waals surface area contributed by atoms with E-state index in [2.05, 4.69) is 0 Å². The molecule has 2 aliphatic heterocycles. The Labute approximate surface area is 294 Å². The fourth-order valence-corrected chi connectivity index (χ4v) is 5.71. The van der Waals surface area contributed by atoms with E-state index >= 15 is 0 Å². The second-order valence-corrected chi connectivity index (χ2v) is 11.9. The number of phenolic OH excluding ortho intramolecular Hbond substituents is 1. The van der Waals surface area contributed by atoms with Crippen molar-refractivity contribution in [3.63, 3.8) is 0 Å². The lowest BCUT2D eigenvalue weighted by Crippen LogP contribution is -2.64. The largest absolute Gasteiger partial charge is 0.507 e. The van der Waals surface area contributed by atoms with Gasteiger partial charge in [-0.05, 0) is 25.1 Å². The number of fused-ring (bicyclic) bond motifs is 1. The number of benzene rings is 2. The first-order chi connectivity index (χ1) is 24.9. The third-order valence-corrected chi connectivity index (χ3v) is 8.32. The number of aromatic hydroxyl groups is 1. The third-order valence-electron chi connectivity index (χ3n) is 8.32. The molecule has 19 heteroatoms. The van der Waals surface area contributed by atoms with Gasteiger partial charge in [0, 0.05) is 17.7 Å². The average Bonchev–Trinajstić information content (AvgIpc) is 3.13. The molecule has 0 radical (unpaired) electrons. The maximum Gasteiger partial charge on any atom is 0.239 e. The van der Waals surface area contributed by atoms with Crippen LogP contribution in [0.5, 0.6) is 28.7 Å². The van der Waals surface area contributed by atoms with Gasteiger partial charge in [-0.25, -0.2) is 0 Å². The summed E-state index contributed by atoms with van der Waals surface area (Å²) in [5.41, 5.74) is -1.08. The Morgan fingerprint density at radius 2 is 1.38 bits per heavy atom. The van der Waals surface area contributed by atoms with Crippen LogP contribution in [-0.2, 0) is 14.2 Å². The lowest BCUT2D eigenvalue weighted by Gasteiger charge is -2.45. The maximum absolute atomic E-state index is 14.1. The number of phenols is 1. The number of aliphatic hydroxyl groups is 9. The highest BCUT2D eigenvalue weighted by Gasteiger charge is 2.51. The van der Waals surface area contributed by atoms with Crippen LogP contribution in [0.4, 0.5) is 0 Å². The van der Waals surface area contributed by atoms with Crippen molar-refractivity contribution in [1.29, 1.82) is 0 Å². The van der Waals surface area contributed by atoms with E-state index in [0.717, 1.165) is 6.07 Å². The van der Waals surface area contributed by atoms with Crippen LogP contribution in [0.15, 0.2) is 39.5 Å². The molecule has 52 heavy (non-hydrogen) atoms. The molecule has 1 aromatic heterocycles. The van der Waals surface area contributed by atoms with E-state index in [4.69, 9.17) is 37.6 Å². The van der Waals surface area contributed by atoms with E-state index in [-0.39, 0.29) is 79.2 Å². The molecule has 0 bridgehead atoms. The van der Waals surface area contributed by atoms with E-state index in [1.54, 1.807) is 0 Å². The maximum atomic E-state index is 14.1. The van der Waals surface area contributed by atoms with Gasteiger partial charge in [-0.1, -0.05) is 0 Å². The first kappa shape index (κ1) is 39.4. The Morgan fingerprint density at radius 3 is 2.06 bits per heavy atom. The first-order valence-electron chi connectivity index (χ1n) is 16.3. The van der Waals surface area contributed by atoms with Crippen molar-refractivity contribution in [2.75, 3.05) is 46.2 Å². The van der Waals surface area contributed by atoms with Crippen molar-refractivity contribution in [3.05, 3.63) is 40.6 Å². The summed E-state index contributed by atoms with van der Waals surface area (Å²) in [6.07, 6.45) is -16.5. The summed E-state index contributed by atoms with van der Waals surface area (Å²) in [6, 6.07) is 6.59. The van der Waals surface area contributed by atoms with Gasteiger partial charge in [0.2, 0.25) is 17.5 Å². The van der Waals surface area contributed by atoms with Gasteiger partial charge in [-0.2, -0.15) is 0 Å². The lowest BCUT2D eigenvalue weighted by molar-refractivity contribution is -0.349. The first-order valence-corrected chi connectivity index (χ1v) is 16.3. The van der Waals surface area contributed by atoms with Crippen LogP contribution in [0.25, 0.3) is 22.3 Å². The smallest absolute Gasteiger partial charge is 0.239 e. The molecule has 288 valence electrons. The molecule has 2 aliphatic rings. The average molecular weight is 743 g/mol. The van der Waals surface area contributed by atoms with Crippen LogP contribution in [-0.4, -0.2) is 159 Å². The fourth-order valence-electron chi connectivity index (χ4n) is 5.71. The van der Waals surface area contributed by atoms with Crippen molar-refractivity contribution >= 4 is 11.0 Å². The summed E-state index contributed by atoms with van der Waals surface area (Å²) in [5.74, 6) is -1.31. The zero-order chi connectivity index (χ0) is 37.7. The minimum Gasteiger partial charge on any atom is -0.507 e. The summed E-state index contributed by atoms with van der Waals surface area (Å²) in [4.78, 5) is 14.1. The third kappa shape index (κ3) is 8.20. The van der Waals surface area contributed by atoms with Gasteiger partial charge >= 0.3 is 0 Å². The minimum absolute atomic E-state index is 0.0380. The molecule has 5 rings (SSSR count). The van der Waals surface area contributed by atoms with Crippen LogP contribution in [0, 0.1) is 0 Å². The normalized spacial score (nSPS) is 29.2. The number of hydrogen-bond donors (Lipinski definition) is 10. The summed E-state index contributed by atoms with van der Waals surface area (Å²) in [6.45, 7) is -0.916. The highest BCUT2D eigenvalue weighted by atomic mass is 16.7. The zero-order valence-corrected chi connectivity index (χ0v) is 27.8. The molecule has 10 N–H and O–H groups in total.